The summed E-state index contributed by atoms with van der Waals surface area (Å²) in [6.45, 7) is 6.16. The van der Waals surface area contributed by atoms with Crippen molar-refractivity contribution in [3.63, 3.8) is 0 Å². The number of benzene rings is 3. The predicted octanol–water partition coefficient (Wildman–Crippen LogP) is 4.87. The highest BCUT2D eigenvalue weighted by Gasteiger charge is 2.73. The number of anilines is 1. The standard InChI is InChI=1S/C46H53F4N7O8/c1-24-8-7-9-32(25(24)2)57(33-20-43(47,48)22-55(33)45(35(51)58,37(60)64-39(53)62)41(3,4)30-18-26-10-14-28(30)15-11-26)34-21-44(49,50)23-56(34)46(36(52)59,38(61)65-40(54)63)42(5,6)31-19-27-12-16-29(31)17-13-27/h7-17,30-31,33-34H,18-23H2,1-6H3,(H2,51,58)(H2,52,59)(H2,53,62)(H2,54,63)/t30?,31?,33?,34?,45-,46-/m0/s1. The predicted molar refractivity (Wildman–Crippen MR) is 227 cm³/mol. The van der Waals surface area contributed by atoms with Crippen molar-refractivity contribution in [3.05, 3.63) is 100 Å². The minimum absolute atomic E-state index is 0.00401. The Morgan fingerprint density at radius 3 is 1.29 bits per heavy atom. The maximum absolute atomic E-state index is 16.8. The number of rotatable bonds is 13. The fourth-order valence-electron chi connectivity index (χ4n) is 11.6. The van der Waals surface area contributed by atoms with E-state index in [0.29, 0.717) is 22.3 Å². The van der Waals surface area contributed by atoms with Gasteiger partial charge in [-0.15, -0.1) is 0 Å². The zero-order valence-corrected chi connectivity index (χ0v) is 36.8. The van der Waals surface area contributed by atoms with Crippen molar-refractivity contribution in [1.82, 2.24) is 9.80 Å². The number of likely N-dealkylation sites (tertiary alicyclic amines) is 2. The van der Waals surface area contributed by atoms with Gasteiger partial charge in [0.1, 0.15) is 0 Å². The monoisotopic (exact) mass is 907 g/mol. The van der Waals surface area contributed by atoms with Crippen molar-refractivity contribution in [2.45, 2.75) is 114 Å². The Hall–Kier alpha value is -6.08. The number of hydrogen-bond donors (Lipinski definition) is 4. The van der Waals surface area contributed by atoms with Gasteiger partial charge in [-0.25, -0.2) is 36.7 Å². The zero-order chi connectivity index (χ0) is 48.0. The molecule has 348 valence electrons. The van der Waals surface area contributed by atoms with Crippen LogP contribution in [0.4, 0.5) is 32.8 Å². The molecule has 0 aromatic heterocycles. The van der Waals surface area contributed by atoms with Crippen LogP contribution >= 0.6 is 0 Å². The molecule has 0 saturated carbocycles. The zero-order valence-electron chi connectivity index (χ0n) is 36.8. The molecule has 2 heterocycles. The Morgan fingerprint density at radius 2 is 0.985 bits per heavy atom. The Bertz CT molecular complexity index is 2320. The lowest BCUT2D eigenvalue weighted by Gasteiger charge is -2.57. The van der Waals surface area contributed by atoms with Crippen molar-refractivity contribution in [3.8, 4) is 0 Å². The second kappa shape index (κ2) is 15.8. The van der Waals surface area contributed by atoms with E-state index >= 15 is 17.6 Å². The number of aryl methyl sites for hydroxylation is 1. The van der Waals surface area contributed by atoms with Gasteiger partial charge in [0.05, 0.1) is 25.4 Å². The third kappa shape index (κ3) is 7.26. The topological polar surface area (TPSA) is 235 Å². The molecular formula is C46H53F4N7O8. The number of fused-ring (bicyclic) bond motifs is 6. The molecule has 4 unspecified atom stereocenters. The molecule has 2 aliphatic heterocycles. The molecule has 2 saturated heterocycles. The Morgan fingerprint density at radius 1 is 0.615 bits per heavy atom. The molecule has 19 heteroatoms. The lowest BCUT2D eigenvalue weighted by Crippen LogP contribution is -2.77. The minimum atomic E-state index is -3.83. The van der Waals surface area contributed by atoms with Gasteiger partial charge in [-0.1, -0.05) is 88.4 Å². The molecule has 2 fully saturated rings. The van der Waals surface area contributed by atoms with E-state index in [4.69, 9.17) is 32.4 Å². The smallest absolute Gasteiger partial charge is 0.375 e. The average Bonchev–Trinajstić information content (AvgIpc) is 3.70. The van der Waals surface area contributed by atoms with Crippen LogP contribution in [-0.2, 0) is 41.5 Å². The van der Waals surface area contributed by atoms with Gasteiger partial charge in [0.2, 0.25) is 22.9 Å². The van der Waals surface area contributed by atoms with E-state index in [1.54, 1.807) is 68.4 Å². The number of nitrogens with zero attached hydrogens (tertiary/aromatic N) is 3. The summed E-state index contributed by atoms with van der Waals surface area (Å²) in [6, 6.07) is 18.7. The van der Waals surface area contributed by atoms with E-state index in [1.807, 2.05) is 0 Å². The molecule has 6 aliphatic rings. The molecule has 65 heavy (non-hydrogen) atoms. The van der Waals surface area contributed by atoms with Crippen LogP contribution in [0.25, 0.3) is 0 Å². The maximum atomic E-state index is 16.8. The molecule has 0 spiro atoms. The van der Waals surface area contributed by atoms with E-state index in [2.05, 4.69) is 0 Å². The number of carbonyl (C=O) groups is 6. The van der Waals surface area contributed by atoms with Gasteiger partial charge in [-0.3, -0.25) is 19.4 Å². The van der Waals surface area contributed by atoms with Crippen molar-refractivity contribution in [1.29, 1.82) is 0 Å². The SMILES string of the molecule is Cc1cccc(N(C2CC(F)(F)CN2[C@@](C(N)=O)(C(=O)OC(N)=O)C(C)(C)C2Cc3ccc2cc3)C2CC(F)(F)CN2[C@@](C(N)=O)(C(=O)OC(N)=O)C(C)(C)C2Cc3ccc2cc3)c1C. The van der Waals surface area contributed by atoms with Crippen LogP contribution in [0.5, 0.6) is 0 Å². The van der Waals surface area contributed by atoms with Crippen LogP contribution in [0.3, 0.4) is 0 Å². The lowest BCUT2D eigenvalue weighted by atomic mass is 9.58. The first-order valence-corrected chi connectivity index (χ1v) is 21.1. The molecule has 8 N–H and O–H groups in total. The summed E-state index contributed by atoms with van der Waals surface area (Å²) in [4.78, 5) is 86.4. The number of hydrogen-bond acceptors (Lipinski definition) is 11. The summed E-state index contributed by atoms with van der Waals surface area (Å²) in [7, 11) is 0. The Labute approximate surface area is 372 Å². The number of primary amides is 4. The number of ether oxygens (including phenoxy) is 2. The summed E-state index contributed by atoms with van der Waals surface area (Å²) < 4.78 is 77.2. The van der Waals surface area contributed by atoms with Crippen LogP contribution in [0.2, 0.25) is 0 Å². The fraction of sp³-hybridized carbons (Fsp3) is 0.478. The molecule has 9 rings (SSSR count). The van der Waals surface area contributed by atoms with Crippen LogP contribution in [0.1, 0.15) is 85.8 Å². The van der Waals surface area contributed by atoms with Crippen molar-refractivity contribution in [2.75, 3.05) is 18.0 Å². The molecular weight excluding hydrogens is 855 g/mol. The first-order chi connectivity index (χ1) is 30.1. The van der Waals surface area contributed by atoms with Gasteiger partial charge in [-0.05, 0) is 78.0 Å². The fourth-order valence-corrected chi connectivity index (χ4v) is 11.6. The van der Waals surface area contributed by atoms with Crippen LogP contribution < -0.4 is 27.8 Å². The third-order valence-electron chi connectivity index (χ3n) is 14.8. The van der Waals surface area contributed by atoms with Gasteiger partial charge < -0.3 is 37.3 Å². The molecule has 3 aromatic rings. The number of esters is 2. The summed E-state index contributed by atoms with van der Waals surface area (Å²) in [5, 5.41) is 0. The highest BCUT2D eigenvalue weighted by Crippen LogP contribution is 2.58. The van der Waals surface area contributed by atoms with Crippen molar-refractivity contribution >= 4 is 41.6 Å². The van der Waals surface area contributed by atoms with Crippen molar-refractivity contribution < 1.29 is 55.8 Å². The summed E-state index contributed by atoms with van der Waals surface area (Å²) in [6.07, 6.45) is -9.54. The maximum Gasteiger partial charge on any atom is 0.412 e. The van der Waals surface area contributed by atoms with Gasteiger partial charge in [0.25, 0.3) is 11.8 Å². The number of halogens is 4. The second-order valence-electron chi connectivity index (χ2n) is 19.0. The van der Waals surface area contributed by atoms with Gasteiger partial charge >= 0.3 is 24.1 Å². The first kappa shape index (κ1) is 46.9. The Kier molecular flexibility index (Phi) is 11.4. The highest BCUT2D eigenvalue weighted by atomic mass is 19.3. The molecule has 15 nitrogen and oxygen atoms in total. The number of carbonyl (C=O) groups excluding carboxylic acids is 6. The Balaban J connectivity index is 1.54. The van der Waals surface area contributed by atoms with Crippen LogP contribution in [-0.4, -0.2) is 94.1 Å². The van der Waals surface area contributed by atoms with E-state index in [0.717, 1.165) is 25.8 Å². The first-order valence-electron chi connectivity index (χ1n) is 21.1. The van der Waals surface area contributed by atoms with Crippen LogP contribution in [0.15, 0.2) is 66.7 Å². The summed E-state index contributed by atoms with van der Waals surface area (Å²) in [5.74, 6) is -15.7. The molecule has 0 radical (unpaired) electrons. The van der Waals surface area contributed by atoms with Gasteiger partial charge in [0, 0.05) is 29.4 Å². The van der Waals surface area contributed by atoms with E-state index < -0.39 is 120 Å². The molecule has 4 aliphatic carbocycles. The minimum Gasteiger partial charge on any atom is -0.375 e. The summed E-state index contributed by atoms with van der Waals surface area (Å²) >= 11 is 0. The van der Waals surface area contributed by atoms with Gasteiger partial charge in [0.15, 0.2) is 0 Å². The quantitative estimate of drug-likeness (QED) is 0.103. The van der Waals surface area contributed by atoms with Crippen molar-refractivity contribution in [2.24, 2.45) is 33.8 Å². The second-order valence-corrected chi connectivity index (χ2v) is 19.0. The largest absolute Gasteiger partial charge is 0.412 e. The average molecular weight is 908 g/mol. The van der Waals surface area contributed by atoms with E-state index in [-0.39, 0.29) is 18.5 Å². The molecule has 6 atom stereocenters. The number of nitrogens with two attached hydrogens (primary N) is 4. The van der Waals surface area contributed by atoms with E-state index in [9.17, 15) is 28.8 Å². The normalized spacial score (nSPS) is 24.2. The molecule has 4 bridgehead atoms. The third-order valence-corrected chi connectivity index (χ3v) is 14.8. The van der Waals surface area contributed by atoms with E-state index in [1.165, 1.54) is 39.8 Å². The summed E-state index contributed by atoms with van der Waals surface area (Å²) in [5.41, 5.74) is 17.2. The van der Waals surface area contributed by atoms with Crippen LogP contribution in [0, 0.1) is 24.7 Å². The molecule has 3 aromatic carbocycles. The van der Waals surface area contributed by atoms with Gasteiger partial charge in [-0.2, -0.15) is 0 Å². The highest BCUT2D eigenvalue weighted by molar-refractivity contribution is 6.11. The number of amides is 4. The number of alkyl halides is 4. The molecule has 4 amide bonds. The lowest BCUT2D eigenvalue weighted by molar-refractivity contribution is -0.173.